The molecule has 15 heteroatoms. The van der Waals surface area contributed by atoms with Crippen molar-refractivity contribution in [1.29, 1.82) is 0 Å². The summed E-state index contributed by atoms with van der Waals surface area (Å²) in [5.41, 5.74) is 0.208. The van der Waals surface area contributed by atoms with Crippen LogP contribution >= 0.6 is 11.8 Å². The molecule has 0 heterocycles. The molecule has 0 fully saturated rings. The van der Waals surface area contributed by atoms with Crippen molar-refractivity contribution >= 4 is 38.4 Å². The van der Waals surface area contributed by atoms with Crippen molar-refractivity contribution in [3.63, 3.8) is 0 Å². The van der Waals surface area contributed by atoms with E-state index in [2.05, 4.69) is 9.47 Å². The Morgan fingerprint density at radius 3 is 1.88 bits per heavy atom. The first-order valence-electron chi connectivity index (χ1n) is 11.0. The Morgan fingerprint density at radius 1 is 0.825 bits per heavy atom. The lowest BCUT2D eigenvalue weighted by Gasteiger charge is -2.20. The van der Waals surface area contributed by atoms with Gasteiger partial charge < -0.3 is 9.47 Å². The third-order valence-corrected chi connectivity index (χ3v) is 7.74. The number of hydrogen-bond acceptors (Lipinski definition) is 7. The number of hydrogen-bond donors (Lipinski definition) is 0. The van der Waals surface area contributed by atoms with E-state index in [0.29, 0.717) is 6.07 Å². The maximum atomic E-state index is 13.2. The molecular weight excluding hydrogens is 588 g/mol. The lowest BCUT2D eigenvalue weighted by atomic mass is 10.1. The Hall–Kier alpha value is -3.72. The van der Waals surface area contributed by atoms with Gasteiger partial charge in [-0.25, -0.2) is 8.42 Å². The number of Topliss-reactive ketones (excluding diaryl/α,β-unsaturated/α-hetero) is 1. The fourth-order valence-corrected chi connectivity index (χ4v) is 5.05. The van der Waals surface area contributed by atoms with E-state index in [9.17, 15) is 44.3 Å². The summed E-state index contributed by atoms with van der Waals surface area (Å²) in [4.78, 5) is 23.2. The highest BCUT2D eigenvalue weighted by Crippen LogP contribution is 2.35. The van der Waals surface area contributed by atoms with Crippen LogP contribution in [0, 0.1) is 0 Å². The van der Waals surface area contributed by atoms with Gasteiger partial charge in [-0.15, -0.1) is 26.3 Å². The van der Waals surface area contributed by atoms with Gasteiger partial charge in [0.2, 0.25) is 0 Å². The van der Waals surface area contributed by atoms with Gasteiger partial charge in [0.1, 0.15) is 11.5 Å². The molecule has 0 aromatic heterocycles. The predicted octanol–water partition coefficient (Wildman–Crippen LogP) is 6.44. The van der Waals surface area contributed by atoms with Gasteiger partial charge in [0, 0.05) is 25.6 Å². The number of anilines is 1. The Labute approximate surface area is 228 Å². The molecule has 0 radical (unpaired) electrons. The number of ether oxygens (including phenoxy) is 2. The third kappa shape index (κ3) is 8.39. The highest BCUT2D eigenvalue weighted by molar-refractivity contribution is 8.14. The highest BCUT2D eigenvalue weighted by Gasteiger charge is 2.34. The summed E-state index contributed by atoms with van der Waals surface area (Å²) >= 11 is 0.810. The van der Waals surface area contributed by atoms with Gasteiger partial charge in [0.15, 0.2) is 10.9 Å². The second-order valence-corrected chi connectivity index (χ2v) is 11.2. The molecule has 7 nitrogen and oxygen atoms in total. The fourth-order valence-electron chi connectivity index (χ4n) is 3.37. The van der Waals surface area contributed by atoms with Gasteiger partial charge in [-0.1, -0.05) is 36.0 Å². The monoisotopic (exact) mass is 607 g/mol. The number of benzene rings is 3. The van der Waals surface area contributed by atoms with Gasteiger partial charge >= 0.3 is 12.7 Å². The molecule has 3 aromatic carbocycles. The van der Waals surface area contributed by atoms with E-state index in [-0.39, 0.29) is 43.9 Å². The lowest BCUT2D eigenvalue weighted by Crippen LogP contribution is -2.26. The summed E-state index contributed by atoms with van der Waals surface area (Å²) in [6.07, 6.45) is -10.4. The highest BCUT2D eigenvalue weighted by atomic mass is 32.2. The van der Waals surface area contributed by atoms with E-state index in [4.69, 9.17) is 0 Å². The van der Waals surface area contributed by atoms with Crippen molar-refractivity contribution in [3.8, 4) is 22.6 Å². The normalized spacial score (nSPS) is 12.1. The minimum absolute atomic E-state index is 0.0665. The minimum atomic E-state index is -5.19. The van der Waals surface area contributed by atoms with Gasteiger partial charge in [0.05, 0.1) is 16.3 Å². The average Bonchev–Trinajstić information content (AvgIpc) is 2.84. The smallest absolute Gasteiger partial charge is 0.406 e. The molecule has 0 amide bonds. The van der Waals surface area contributed by atoms with Crippen LogP contribution in [0.3, 0.4) is 0 Å². The van der Waals surface area contributed by atoms with Crippen molar-refractivity contribution in [3.05, 3.63) is 72.3 Å². The van der Waals surface area contributed by atoms with Crippen LogP contribution in [0.25, 0.3) is 11.1 Å². The van der Waals surface area contributed by atoms with Crippen molar-refractivity contribution in [2.45, 2.75) is 24.5 Å². The molecule has 214 valence electrons. The summed E-state index contributed by atoms with van der Waals surface area (Å²) in [7, 11) is -2.98. The molecule has 0 N–H and O–H groups in total. The van der Waals surface area contributed by atoms with Crippen LogP contribution in [0.1, 0.15) is 17.3 Å². The first-order valence-corrected chi connectivity index (χ1v) is 13.4. The Balaban J connectivity index is 1.90. The van der Waals surface area contributed by atoms with Crippen LogP contribution in [-0.4, -0.2) is 44.8 Å². The van der Waals surface area contributed by atoms with E-state index in [1.165, 1.54) is 50.4 Å². The third-order valence-electron chi connectivity index (χ3n) is 5.13. The topological polar surface area (TPSA) is 90.0 Å². The van der Waals surface area contributed by atoms with Gasteiger partial charge in [-0.3, -0.25) is 13.9 Å². The fraction of sp³-hybridized carbons (Fsp3) is 0.200. The van der Waals surface area contributed by atoms with Crippen molar-refractivity contribution in [2.24, 2.45) is 0 Å². The zero-order chi connectivity index (χ0) is 29.9. The van der Waals surface area contributed by atoms with E-state index >= 15 is 0 Å². The number of rotatable bonds is 9. The summed E-state index contributed by atoms with van der Waals surface area (Å²) in [5.74, 6) is -2.46. The largest absolute Gasteiger partial charge is 0.573 e. The molecule has 3 aromatic rings. The quantitative estimate of drug-likeness (QED) is 0.204. The standard InChI is InChI=1S/C25H19F6NO6S2/c1-15(33)39-14-23(34)17-4-3-5-19(10-17)32(2)40(35,36)22-8-6-16(7-9-22)18-11-20(37-24(26,27)28)13-21(12-18)38-25(29,30)31/h3-13H,14H2,1-2H3. The molecule has 0 aliphatic rings. The van der Waals surface area contributed by atoms with Crippen molar-refractivity contribution < 1.29 is 53.8 Å². The molecule has 3 rings (SSSR count). The predicted molar refractivity (Wildman–Crippen MR) is 135 cm³/mol. The summed E-state index contributed by atoms with van der Waals surface area (Å²) < 4.78 is 111. The lowest BCUT2D eigenvalue weighted by molar-refractivity contribution is -0.276. The molecule has 0 saturated carbocycles. The number of thioether (sulfide) groups is 1. The summed E-state index contributed by atoms with van der Waals surface area (Å²) in [6, 6.07) is 12.4. The van der Waals surface area contributed by atoms with Gasteiger partial charge in [-0.2, -0.15) is 0 Å². The molecular formula is C25H19F6NO6S2. The number of halogens is 6. The van der Waals surface area contributed by atoms with Gasteiger partial charge in [-0.05, 0) is 47.5 Å². The van der Waals surface area contributed by atoms with Gasteiger partial charge in [0.25, 0.3) is 10.0 Å². The van der Waals surface area contributed by atoms with E-state index in [1.54, 1.807) is 0 Å². The first-order chi connectivity index (χ1) is 18.4. The van der Waals surface area contributed by atoms with E-state index in [0.717, 1.165) is 40.3 Å². The molecule has 0 saturated heterocycles. The SMILES string of the molecule is CC(=O)SCC(=O)c1cccc(N(C)S(=O)(=O)c2ccc(-c3cc(OC(F)(F)F)cc(OC(F)(F)F)c3)cc2)c1. The second kappa shape index (κ2) is 11.8. The van der Waals surface area contributed by atoms with Crippen molar-refractivity contribution in [2.75, 3.05) is 17.1 Å². The molecule has 0 aliphatic carbocycles. The van der Waals surface area contributed by atoms with Crippen LogP contribution in [0.5, 0.6) is 11.5 Å². The number of sulfonamides is 1. The molecule has 0 bridgehead atoms. The van der Waals surface area contributed by atoms with E-state index < -0.39 is 34.2 Å². The van der Waals surface area contributed by atoms with Crippen LogP contribution in [0.2, 0.25) is 0 Å². The Morgan fingerprint density at radius 2 is 1.38 bits per heavy atom. The molecule has 0 atom stereocenters. The zero-order valence-electron chi connectivity index (χ0n) is 20.5. The average molecular weight is 608 g/mol. The summed E-state index contributed by atoms with van der Waals surface area (Å²) in [5, 5.41) is -0.253. The van der Waals surface area contributed by atoms with Crippen LogP contribution in [0.4, 0.5) is 32.0 Å². The molecule has 0 spiro atoms. The number of carbonyl (C=O) groups excluding carboxylic acids is 2. The van der Waals surface area contributed by atoms with Crippen molar-refractivity contribution in [1.82, 2.24) is 0 Å². The van der Waals surface area contributed by atoms with Crippen LogP contribution in [0.15, 0.2) is 71.6 Å². The number of nitrogens with zero attached hydrogens (tertiary/aromatic N) is 1. The molecule has 40 heavy (non-hydrogen) atoms. The Kier molecular flexibility index (Phi) is 9.09. The maximum absolute atomic E-state index is 13.2. The second-order valence-electron chi connectivity index (χ2n) is 8.04. The zero-order valence-corrected chi connectivity index (χ0v) is 22.2. The van der Waals surface area contributed by atoms with E-state index in [1.807, 2.05) is 0 Å². The molecule has 0 aliphatic heterocycles. The first kappa shape index (κ1) is 30.8. The van der Waals surface area contributed by atoms with Crippen LogP contribution in [-0.2, 0) is 14.8 Å². The molecule has 0 unspecified atom stereocenters. The summed E-state index contributed by atoms with van der Waals surface area (Å²) in [6.45, 7) is 1.31. The number of ketones is 1. The Bertz CT molecular complexity index is 1470. The van der Waals surface area contributed by atoms with Crippen LogP contribution < -0.4 is 13.8 Å². The number of carbonyl (C=O) groups is 2. The maximum Gasteiger partial charge on any atom is 0.573 e. The minimum Gasteiger partial charge on any atom is -0.406 e. The number of alkyl halides is 6.